The molecule has 0 fully saturated rings. The van der Waals surface area contributed by atoms with Gasteiger partial charge in [-0.25, -0.2) is 4.98 Å². The summed E-state index contributed by atoms with van der Waals surface area (Å²) in [4.78, 5) is 16.2. The molecule has 1 amide bonds. The molecule has 2 rings (SSSR count). The van der Waals surface area contributed by atoms with Gasteiger partial charge in [-0.15, -0.1) is 0 Å². The molecule has 6 heteroatoms. The molecule has 0 aliphatic rings. The van der Waals surface area contributed by atoms with Crippen molar-refractivity contribution in [1.29, 1.82) is 0 Å². The quantitative estimate of drug-likeness (QED) is 0.870. The van der Waals surface area contributed by atoms with Crippen LogP contribution >= 0.6 is 15.9 Å². The number of benzene rings is 1. The number of rotatable bonds is 5. The van der Waals surface area contributed by atoms with Crippen LogP contribution in [0.5, 0.6) is 0 Å². The first-order valence-corrected chi connectivity index (χ1v) is 7.58. The van der Waals surface area contributed by atoms with Crippen LogP contribution in [0.3, 0.4) is 0 Å². The van der Waals surface area contributed by atoms with Crippen molar-refractivity contribution in [2.75, 3.05) is 5.32 Å². The summed E-state index contributed by atoms with van der Waals surface area (Å²) >= 11 is 3.41. The number of hydrogen-bond donors (Lipinski definition) is 2. The summed E-state index contributed by atoms with van der Waals surface area (Å²) < 4.78 is 2.92. The van der Waals surface area contributed by atoms with E-state index in [1.807, 2.05) is 48.9 Å². The van der Waals surface area contributed by atoms with Gasteiger partial charge in [0.25, 0.3) is 0 Å². The number of nitrogens with two attached hydrogens (primary N) is 1. The second-order valence-corrected chi connectivity index (χ2v) is 6.18. The highest BCUT2D eigenvalue weighted by Gasteiger charge is 2.18. The monoisotopic (exact) mass is 350 g/mol. The maximum absolute atomic E-state index is 12.0. The highest BCUT2D eigenvalue weighted by Crippen LogP contribution is 2.14. The number of carbonyl (C=O) groups excluding carboxylic acids is 1. The Hall–Kier alpha value is -1.66. The minimum Gasteiger partial charge on any atom is -0.320 e. The van der Waals surface area contributed by atoms with Crippen molar-refractivity contribution in [2.24, 2.45) is 11.7 Å². The molecular weight excluding hydrogens is 332 g/mol. The van der Waals surface area contributed by atoms with E-state index in [-0.39, 0.29) is 11.8 Å². The predicted molar refractivity (Wildman–Crippen MR) is 86.9 cm³/mol. The molecule has 0 radical (unpaired) electrons. The van der Waals surface area contributed by atoms with E-state index in [0.717, 1.165) is 10.0 Å². The minimum absolute atomic E-state index is 0.0832. The first-order valence-electron chi connectivity index (χ1n) is 6.79. The van der Waals surface area contributed by atoms with Gasteiger partial charge >= 0.3 is 0 Å². The molecule has 0 bridgehead atoms. The molecule has 21 heavy (non-hydrogen) atoms. The fourth-order valence-corrected chi connectivity index (χ4v) is 2.11. The molecule has 1 atom stereocenters. The molecular formula is C15H19BrN4O. The number of carbonyl (C=O) groups is 1. The summed E-state index contributed by atoms with van der Waals surface area (Å²) in [6, 6.07) is 7.48. The van der Waals surface area contributed by atoms with Crippen molar-refractivity contribution in [2.45, 2.75) is 26.4 Å². The molecule has 0 unspecified atom stereocenters. The zero-order valence-electron chi connectivity index (χ0n) is 12.1. The average molecular weight is 351 g/mol. The standard InChI is InChI=1S/C15H19BrN4O/c1-10(2)13(17)14(21)19-15-18-7-8-20(15)9-11-3-5-12(16)6-4-11/h3-8,10,13H,9,17H2,1-2H3,(H,18,19,21)/t13-/m0/s1. The van der Waals surface area contributed by atoms with Gasteiger partial charge in [0.05, 0.1) is 12.6 Å². The van der Waals surface area contributed by atoms with E-state index in [0.29, 0.717) is 12.5 Å². The molecule has 3 N–H and O–H groups in total. The second-order valence-electron chi connectivity index (χ2n) is 5.26. The first kappa shape index (κ1) is 15.7. The van der Waals surface area contributed by atoms with E-state index < -0.39 is 6.04 Å². The van der Waals surface area contributed by atoms with Crippen molar-refractivity contribution in [3.05, 3.63) is 46.7 Å². The lowest BCUT2D eigenvalue weighted by molar-refractivity contribution is -0.118. The van der Waals surface area contributed by atoms with Crippen LogP contribution < -0.4 is 11.1 Å². The number of anilines is 1. The molecule has 1 aromatic heterocycles. The molecule has 112 valence electrons. The highest BCUT2D eigenvalue weighted by molar-refractivity contribution is 9.10. The molecule has 0 aliphatic heterocycles. The van der Waals surface area contributed by atoms with E-state index >= 15 is 0 Å². The van der Waals surface area contributed by atoms with Gasteiger partial charge in [0.15, 0.2) is 0 Å². The van der Waals surface area contributed by atoms with Gasteiger partial charge in [0.2, 0.25) is 11.9 Å². The third kappa shape index (κ3) is 4.15. The zero-order valence-corrected chi connectivity index (χ0v) is 13.7. The highest BCUT2D eigenvalue weighted by atomic mass is 79.9. The Bertz CT molecular complexity index is 606. The van der Waals surface area contributed by atoms with Crippen LogP contribution in [0.4, 0.5) is 5.95 Å². The van der Waals surface area contributed by atoms with Crippen LogP contribution in [0.25, 0.3) is 0 Å². The Morgan fingerprint density at radius 3 is 2.67 bits per heavy atom. The Morgan fingerprint density at radius 1 is 1.38 bits per heavy atom. The van der Waals surface area contributed by atoms with Crippen molar-refractivity contribution in [1.82, 2.24) is 9.55 Å². The van der Waals surface area contributed by atoms with Crippen molar-refractivity contribution in [3.8, 4) is 0 Å². The Balaban J connectivity index is 2.08. The fourth-order valence-electron chi connectivity index (χ4n) is 1.84. The topological polar surface area (TPSA) is 72.9 Å². The van der Waals surface area contributed by atoms with Crippen molar-refractivity contribution < 1.29 is 4.79 Å². The van der Waals surface area contributed by atoms with E-state index in [4.69, 9.17) is 5.73 Å². The third-order valence-corrected chi connectivity index (χ3v) is 3.77. The number of nitrogens with one attached hydrogen (secondary N) is 1. The molecule has 1 heterocycles. The number of halogens is 1. The van der Waals surface area contributed by atoms with Gasteiger partial charge in [-0.1, -0.05) is 41.9 Å². The Morgan fingerprint density at radius 2 is 2.05 bits per heavy atom. The second kappa shape index (κ2) is 6.87. The van der Waals surface area contributed by atoms with Gasteiger partial charge in [-0.2, -0.15) is 0 Å². The third-order valence-electron chi connectivity index (χ3n) is 3.24. The summed E-state index contributed by atoms with van der Waals surface area (Å²) in [5.74, 6) is 0.382. The van der Waals surface area contributed by atoms with Gasteiger partial charge in [0, 0.05) is 16.9 Å². The largest absolute Gasteiger partial charge is 0.320 e. The number of hydrogen-bond acceptors (Lipinski definition) is 3. The van der Waals surface area contributed by atoms with Crippen LogP contribution in [-0.2, 0) is 11.3 Å². The Kier molecular flexibility index (Phi) is 5.14. The fraction of sp³-hybridized carbons (Fsp3) is 0.333. The zero-order chi connectivity index (χ0) is 15.4. The first-order chi connectivity index (χ1) is 9.97. The number of aromatic nitrogens is 2. The SMILES string of the molecule is CC(C)[C@H](N)C(=O)Nc1nccn1Cc1ccc(Br)cc1. The lowest BCUT2D eigenvalue weighted by atomic mass is 10.1. The van der Waals surface area contributed by atoms with Gasteiger partial charge in [0.1, 0.15) is 0 Å². The van der Waals surface area contributed by atoms with E-state index in [1.54, 1.807) is 6.20 Å². The number of amides is 1. The lowest BCUT2D eigenvalue weighted by Gasteiger charge is -2.15. The lowest BCUT2D eigenvalue weighted by Crippen LogP contribution is -2.40. The normalized spacial score (nSPS) is 12.4. The van der Waals surface area contributed by atoms with Crippen molar-refractivity contribution >= 4 is 27.8 Å². The predicted octanol–water partition coefficient (Wildman–Crippen LogP) is 2.62. The van der Waals surface area contributed by atoms with Gasteiger partial charge in [-0.05, 0) is 23.6 Å². The molecule has 0 saturated heterocycles. The number of nitrogens with zero attached hydrogens (tertiary/aromatic N) is 2. The van der Waals surface area contributed by atoms with E-state index in [9.17, 15) is 4.79 Å². The minimum atomic E-state index is -0.539. The molecule has 0 saturated carbocycles. The van der Waals surface area contributed by atoms with Gasteiger partial charge < -0.3 is 10.3 Å². The Labute approximate surface area is 132 Å². The average Bonchev–Trinajstić information content (AvgIpc) is 2.87. The van der Waals surface area contributed by atoms with Gasteiger partial charge in [-0.3, -0.25) is 10.1 Å². The van der Waals surface area contributed by atoms with E-state index in [1.165, 1.54) is 0 Å². The van der Waals surface area contributed by atoms with Crippen LogP contribution in [0, 0.1) is 5.92 Å². The van der Waals surface area contributed by atoms with Crippen molar-refractivity contribution in [3.63, 3.8) is 0 Å². The van der Waals surface area contributed by atoms with Crippen LogP contribution in [0.2, 0.25) is 0 Å². The molecule has 5 nitrogen and oxygen atoms in total. The maximum Gasteiger partial charge on any atom is 0.243 e. The number of imidazole rings is 1. The molecule has 0 spiro atoms. The smallest absolute Gasteiger partial charge is 0.243 e. The maximum atomic E-state index is 12.0. The molecule has 1 aromatic carbocycles. The summed E-state index contributed by atoms with van der Waals surface area (Å²) in [6.07, 6.45) is 3.49. The summed E-state index contributed by atoms with van der Waals surface area (Å²) in [5.41, 5.74) is 6.97. The summed E-state index contributed by atoms with van der Waals surface area (Å²) in [7, 11) is 0. The van der Waals surface area contributed by atoms with E-state index in [2.05, 4.69) is 26.2 Å². The van der Waals surface area contributed by atoms with Crippen LogP contribution in [-0.4, -0.2) is 21.5 Å². The molecule has 2 aromatic rings. The van der Waals surface area contributed by atoms with Crippen LogP contribution in [0.15, 0.2) is 41.1 Å². The summed E-state index contributed by atoms with van der Waals surface area (Å²) in [6.45, 7) is 4.47. The summed E-state index contributed by atoms with van der Waals surface area (Å²) in [5, 5.41) is 2.78. The molecule has 0 aliphatic carbocycles. The van der Waals surface area contributed by atoms with Crippen LogP contribution in [0.1, 0.15) is 19.4 Å².